The molecular weight excluding hydrogens is 138 g/mol. The monoisotopic (exact) mass is 145 g/mol. The third-order valence-electron chi connectivity index (χ3n) is 0.680. The van der Waals surface area contributed by atoms with Gasteiger partial charge >= 0.3 is 0 Å². The average Bonchev–Trinajstić information content (AvgIpc) is 1.77. The summed E-state index contributed by atoms with van der Waals surface area (Å²) in [4.78, 5) is 7.32. The molecule has 0 saturated carbocycles. The molecule has 1 rings (SSSR count). The highest BCUT2D eigenvalue weighted by Gasteiger charge is 1.91. The number of nitrogens with two attached hydrogens (primary N) is 1. The Labute approximate surface area is 58.9 Å². The Bertz CT molecular complexity index is 168. The van der Waals surface area contributed by atoms with Gasteiger partial charge in [-0.05, 0) is 0 Å². The predicted octanol–water partition coefficient (Wildman–Crippen LogP) is 1.35. The lowest BCUT2D eigenvalue weighted by Crippen LogP contribution is -1.90. The molecule has 1 aromatic heterocycles. The lowest BCUT2D eigenvalue weighted by molar-refractivity contribution is 1.21. The molecule has 0 atom stereocenters. The van der Waals surface area contributed by atoms with Crippen LogP contribution in [0.15, 0.2) is 12.4 Å². The number of nitrogen functional groups attached to an aromatic ring is 1. The third-order valence-corrected chi connectivity index (χ3v) is 0.971. The van der Waals surface area contributed by atoms with Crippen LogP contribution < -0.4 is 5.73 Å². The molecule has 0 bridgehead atoms. The summed E-state index contributed by atoms with van der Waals surface area (Å²) in [6.45, 7) is 0. The molecule has 0 aliphatic rings. The Morgan fingerprint density at radius 1 is 1.33 bits per heavy atom. The molecule has 0 aliphatic heterocycles. The van der Waals surface area contributed by atoms with E-state index >= 15 is 0 Å². The summed E-state index contributed by atoms with van der Waals surface area (Å²) in [5, 5.41) is 0.257. The minimum Gasteiger partial charge on any atom is -0.381 e. The van der Waals surface area contributed by atoms with Crippen molar-refractivity contribution in [3.05, 3.63) is 17.5 Å². The molecule has 1 aromatic rings. The van der Waals surface area contributed by atoms with Gasteiger partial charge in [-0.1, -0.05) is 19.0 Å². The molecule has 0 aliphatic carbocycles. The first-order chi connectivity index (χ1) is 3.80. The highest BCUT2D eigenvalue weighted by molar-refractivity contribution is 6.31. The van der Waals surface area contributed by atoms with Crippen LogP contribution in [0.1, 0.15) is 7.43 Å². The van der Waals surface area contributed by atoms with Crippen LogP contribution in [0.4, 0.5) is 5.82 Å². The summed E-state index contributed by atoms with van der Waals surface area (Å²) in [6, 6.07) is 0. The minimum atomic E-state index is 0. The predicted molar refractivity (Wildman–Crippen MR) is 38.2 cm³/mol. The van der Waals surface area contributed by atoms with E-state index in [2.05, 4.69) is 9.97 Å². The van der Waals surface area contributed by atoms with Gasteiger partial charge in [-0.25, -0.2) is 9.97 Å². The lowest BCUT2D eigenvalue weighted by atomic mass is 10.7. The van der Waals surface area contributed by atoms with Gasteiger partial charge in [0.15, 0.2) is 11.0 Å². The van der Waals surface area contributed by atoms with Gasteiger partial charge in [-0.3, -0.25) is 0 Å². The molecule has 0 saturated heterocycles. The van der Waals surface area contributed by atoms with Gasteiger partial charge < -0.3 is 5.73 Å². The normalized spacial score (nSPS) is 8.11. The molecule has 0 fully saturated rings. The SMILES string of the molecule is C.Nc1nccnc1Cl. The molecule has 0 radical (unpaired) electrons. The standard InChI is InChI=1S/C4H4ClN3.CH4/c5-3-4(6)8-2-1-7-3;/h1-2H,(H2,6,8);1H4. The molecule has 0 amide bonds. The molecule has 2 N–H and O–H groups in total. The quantitative estimate of drug-likeness (QED) is 0.600. The van der Waals surface area contributed by atoms with Gasteiger partial charge in [0.1, 0.15) is 0 Å². The van der Waals surface area contributed by atoms with E-state index in [4.69, 9.17) is 17.3 Å². The number of nitrogens with zero attached hydrogens (tertiary/aromatic N) is 2. The summed E-state index contributed by atoms with van der Waals surface area (Å²) in [5.41, 5.74) is 5.21. The lowest BCUT2D eigenvalue weighted by Gasteiger charge is -1.89. The molecule has 0 unspecified atom stereocenters. The van der Waals surface area contributed by atoms with Crippen molar-refractivity contribution in [2.45, 2.75) is 7.43 Å². The first kappa shape index (κ1) is 8.17. The first-order valence-electron chi connectivity index (χ1n) is 2.02. The fraction of sp³-hybridized carbons (Fsp3) is 0.200. The maximum Gasteiger partial charge on any atom is 0.171 e. The van der Waals surface area contributed by atoms with Crippen molar-refractivity contribution in [1.82, 2.24) is 9.97 Å². The van der Waals surface area contributed by atoms with Crippen molar-refractivity contribution in [2.75, 3.05) is 5.73 Å². The summed E-state index contributed by atoms with van der Waals surface area (Å²) < 4.78 is 0. The summed E-state index contributed by atoms with van der Waals surface area (Å²) in [5.74, 6) is 0.272. The van der Waals surface area contributed by atoms with Crippen molar-refractivity contribution >= 4 is 17.4 Å². The van der Waals surface area contributed by atoms with Crippen LogP contribution in [0.2, 0.25) is 5.15 Å². The Kier molecular flexibility index (Phi) is 2.95. The zero-order valence-electron chi connectivity index (χ0n) is 4.00. The first-order valence-corrected chi connectivity index (χ1v) is 2.40. The molecule has 0 aromatic carbocycles. The van der Waals surface area contributed by atoms with Crippen LogP contribution in [-0.4, -0.2) is 9.97 Å². The van der Waals surface area contributed by atoms with E-state index < -0.39 is 0 Å². The second-order valence-electron chi connectivity index (χ2n) is 1.23. The highest BCUT2D eigenvalue weighted by Crippen LogP contribution is 2.07. The topological polar surface area (TPSA) is 51.8 Å². The molecule has 3 nitrogen and oxygen atoms in total. The number of rotatable bonds is 0. The van der Waals surface area contributed by atoms with Crippen LogP contribution >= 0.6 is 11.6 Å². The summed E-state index contributed by atoms with van der Waals surface area (Å²) >= 11 is 5.41. The van der Waals surface area contributed by atoms with Crippen LogP contribution in [0, 0.1) is 0 Å². The largest absolute Gasteiger partial charge is 0.381 e. The molecule has 1 heterocycles. The van der Waals surface area contributed by atoms with E-state index in [1.165, 1.54) is 12.4 Å². The Hall–Kier alpha value is -0.830. The zero-order chi connectivity index (χ0) is 5.98. The number of halogens is 1. The Morgan fingerprint density at radius 2 is 1.89 bits per heavy atom. The second-order valence-corrected chi connectivity index (χ2v) is 1.59. The van der Waals surface area contributed by atoms with Gasteiger partial charge in [-0.2, -0.15) is 0 Å². The van der Waals surface area contributed by atoms with Crippen LogP contribution in [0.5, 0.6) is 0 Å². The smallest absolute Gasteiger partial charge is 0.171 e. The van der Waals surface area contributed by atoms with E-state index in [9.17, 15) is 0 Å². The summed E-state index contributed by atoms with van der Waals surface area (Å²) in [6.07, 6.45) is 2.97. The van der Waals surface area contributed by atoms with Crippen molar-refractivity contribution in [3.8, 4) is 0 Å². The van der Waals surface area contributed by atoms with Crippen molar-refractivity contribution in [1.29, 1.82) is 0 Å². The van der Waals surface area contributed by atoms with E-state index in [-0.39, 0.29) is 18.4 Å². The van der Waals surface area contributed by atoms with Crippen LogP contribution in [-0.2, 0) is 0 Å². The maximum atomic E-state index is 5.41. The fourth-order valence-corrected chi connectivity index (χ4v) is 0.437. The Balaban J connectivity index is 0.000000640. The third kappa shape index (κ3) is 1.85. The van der Waals surface area contributed by atoms with Gasteiger partial charge in [0.2, 0.25) is 0 Å². The number of anilines is 1. The van der Waals surface area contributed by atoms with Crippen molar-refractivity contribution in [3.63, 3.8) is 0 Å². The second kappa shape index (κ2) is 3.25. The van der Waals surface area contributed by atoms with Gasteiger partial charge in [0.25, 0.3) is 0 Å². The van der Waals surface area contributed by atoms with E-state index in [1.54, 1.807) is 0 Å². The van der Waals surface area contributed by atoms with Gasteiger partial charge in [0.05, 0.1) is 0 Å². The van der Waals surface area contributed by atoms with Gasteiger partial charge in [-0.15, -0.1) is 0 Å². The van der Waals surface area contributed by atoms with Gasteiger partial charge in [0, 0.05) is 12.4 Å². The van der Waals surface area contributed by atoms with Crippen LogP contribution in [0.3, 0.4) is 0 Å². The van der Waals surface area contributed by atoms with Crippen molar-refractivity contribution < 1.29 is 0 Å². The maximum absolute atomic E-state index is 5.41. The van der Waals surface area contributed by atoms with E-state index in [0.29, 0.717) is 0 Å². The highest BCUT2D eigenvalue weighted by atomic mass is 35.5. The van der Waals surface area contributed by atoms with E-state index in [1.807, 2.05) is 0 Å². The molecule has 50 valence electrons. The Morgan fingerprint density at radius 3 is 2.22 bits per heavy atom. The van der Waals surface area contributed by atoms with Crippen molar-refractivity contribution in [2.24, 2.45) is 0 Å². The van der Waals surface area contributed by atoms with Crippen LogP contribution in [0.25, 0.3) is 0 Å². The zero-order valence-corrected chi connectivity index (χ0v) is 4.76. The van der Waals surface area contributed by atoms with E-state index in [0.717, 1.165) is 0 Å². The average molecular weight is 146 g/mol. The molecule has 4 heteroatoms. The molecule has 9 heavy (non-hydrogen) atoms. The minimum absolute atomic E-state index is 0. The number of hydrogen-bond acceptors (Lipinski definition) is 3. The summed E-state index contributed by atoms with van der Waals surface area (Å²) in [7, 11) is 0. The molecular formula is C5H8ClN3. The fourth-order valence-electron chi connectivity index (χ4n) is 0.332. The number of aromatic nitrogens is 2. The number of hydrogen-bond donors (Lipinski definition) is 1. The molecule has 0 spiro atoms.